The number of aromatic nitrogens is 2. The molecule has 1 aromatic carbocycles. The molecule has 2 aromatic heterocycles. The highest BCUT2D eigenvalue weighted by Crippen LogP contribution is 2.51. The monoisotopic (exact) mass is 517 g/mol. The van der Waals surface area contributed by atoms with Gasteiger partial charge in [-0.15, -0.1) is 11.3 Å². The highest BCUT2D eigenvalue weighted by molar-refractivity contribution is 8.00. The van der Waals surface area contributed by atoms with Crippen LogP contribution >= 0.6 is 23.1 Å². The number of piperidine rings is 1. The zero-order valence-corrected chi connectivity index (χ0v) is 19.3. The normalized spacial score (nSPS) is 23.8. The van der Waals surface area contributed by atoms with E-state index in [-0.39, 0.29) is 46.3 Å². The van der Waals surface area contributed by atoms with E-state index < -0.39 is 29.9 Å². The Labute approximate surface area is 199 Å². The number of nitrogens with one attached hydrogen (secondary N) is 2. The second-order valence-electron chi connectivity index (χ2n) is 8.03. The van der Waals surface area contributed by atoms with Gasteiger partial charge in [-0.1, -0.05) is 17.3 Å². The maximum atomic E-state index is 14.6. The molecule has 0 radical (unpaired) electrons. The minimum absolute atomic E-state index is 0.0299. The van der Waals surface area contributed by atoms with Gasteiger partial charge in [0, 0.05) is 29.9 Å². The highest BCUT2D eigenvalue weighted by Gasteiger charge is 2.36. The van der Waals surface area contributed by atoms with E-state index in [2.05, 4.69) is 20.8 Å². The molecule has 2 amide bonds. The topological polar surface area (TPSA) is 92.5 Å². The minimum Gasteiger partial charge on any atom is -0.486 e. The number of halogens is 4. The lowest BCUT2D eigenvalue weighted by Gasteiger charge is -2.32. The SMILES string of the molecule is CN1CC[C@@H](Oc2cccc3c(SC(F)(F)F)c(-c4noc([C@H]5CNC(=O)N5)n4)sc23)[C@@H](F)C1. The third-order valence-corrected chi connectivity index (χ3v) is 7.73. The summed E-state index contributed by atoms with van der Waals surface area (Å²) in [5, 5.41) is 9.32. The molecule has 4 heterocycles. The number of rotatable bonds is 5. The molecule has 2 aliphatic rings. The van der Waals surface area contributed by atoms with Crippen LogP contribution < -0.4 is 15.4 Å². The Bertz CT molecular complexity index is 1220. The van der Waals surface area contributed by atoms with Crippen molar-refractivity contribution in [1.29, 1.82) is 0 Å². The molecule has 2 saturated heterocycles. The van der Waals surface area contributed by atoms with E-state index >= 15 is 0 Å². The lowest BCUT2D eigenvalue weighted by molar-refractivity contribution is -0.0327. The summed E-state index contributed by atoms with van der Waals surface area (Å²) in [6, 6.07) is 3.78. The van der Waals surface area contributed by atoms with Gasteiger partial charge in [0.2, 0.25) is 5.82 Å². The Morgan fingerprint density at radius 2 is 2.18 bits per heavy atom. The maximum absolute atomic E-state index is 14.6. The van der Waals surface area contributed by atoms with E-state index in [9.17, 15) is 22.4 Å². The molecule has 34 heavy (non-hydrogen) atoms. The van der Waals surface area contributed by atoms with E-state index in [0.29, 0.717) is 28.8 Å². The Kier molecular flexibility index (Phi) is 6.06. The molecule has 182 valence electrons. The van der Waals surface area contributed by atoms with Gasteiger partial charge in [0.1, 0.15) is 24.1 Å². The lowest BCUT2D eigenvalue weighted by Crippen LogP contribution is -2.45. The first kappa shape index (κ1) is 23.2. The molecule has 3 aromatic rings. The van der Waals surface area contributed by atoms with Crippen LogP contribution in [0, 0.1) is 0 Å². The summed E-state index contributed by atoms with van der Waals surface area (Å²) in [5.41, 5.74) is -4.56. The Hall–Kier alpha value is -2.58. The fourth-order valence-corrected chi connectivity index (χ4v) is 6.02. The van der Waals surface area contributed by atoms with Crippen molar-refractivity contribution < 1.29 is 31.6 Å². The van der Waals surface area contributed by atoms with E-state index in [4.69, 9.17) is 9.26 Å². The molecule has 2 aliphatic heterocycles. The highest BCUT2D eigenvalue weighted by atomic mass is 32.2. The summed E-state index contributed by atoms with van der Waals surface area (Å²) in [5.74, 6) is 0.362. The Morgan fingerprint density at radius 1 is 1.35 bits per heavy atom. The predicted molar refractivity (Wildman–Crippen MR) is 118 cm³/mol. The predicted octanol–water partition coefficient (Wildman–Crippen LogP) is 4.34. The van der Waals surface area contributed by atoms with Gasteiger partial charge in [0.05, 0.1) is 9.58 Å². The van der Waals surface area contributed by atoms with Gasteiger partial charge in [-0.25, -0.2) is 9.18 Å². The summed E-state index contributed by atoms with van der Waals surface area (Å²) in [7, 11) is 1.82. The Morgan fingerprint density at radius 3 is 2.88 bits per heavy atom. The summed E-state index contributed by atoms with van der Waals surface area (Å²) in [6.45, 7) is 1.10. The molecule has 3 atom stereocenters. The van der Waals surface area contributed by atoms with Gasteiger partial charge in [-0.2, -0.15) is 18.2 Å². The zero-order chi connectivity index (χ0) is 24.0. The van der Waals surface area contributed by atoms with E-state index in [1.54, 1.807) is 18.2 Å². The molecule has 0 aliphatic carbocycles. The van der Waals surface area contributed by atoms with Crippen molar-refractivity contribution in [3.05, 3.63) is 24.1 Å². The van der Waals surface area contributed by atoms with Crippen LogP contribution in [0.25, 0.3) is 20.8 Å². The van der Waals surface area contributed by atoms with Gasteiger partial charge in [-0.3, -0.25) is 0 Å². The number of urea groups is 1. The van der Waals surface area contributed by atoms with Crippen LogP contribution in [0.15, 0.2) is 27.6 Å². The van der Waals surface area contributed by atoms with Gasteiger partial charge in [0.25, 0.3) is 5.89 Å². The summed E-state index contributed by atoms with van der Waals surface area (Å²) < 4.78 is 66.6. The number of alkyl halides is 4. The number of fused-ring (bicyclic) bond motifs is 1. The summed E-state index contributed by atoms with van der Waals surface area (Å²) >= 11 is 0.751. The second-order valence-corrected chi connectivity index (χ2v) is 10.1. The van der Waals surface area contributed by atoms with E-state index in [1.807, 2.05) is 11.9 Å². The number of hydrogen-bond acceptors (Lipinski definition) is 8. The molecular formula is C20H19F4N5O3S2. The van der Waals surface area contributed by atoms with Gasteiger partial charge >= 0.3 is 11.5 Å². The number of hydrogen-bond donors (Lipinski definition) is 2. The van der Waals surface area contributed by atoms with Crippen molar-refractivity contribution in [2.45, 2.75) is 35.1 Å². The number of carbonyl (C=O) groups excluding carboxylic acids is 1. The van der Waals surface area contributed by atoms with Crippen molar-refractivity contribution in [1.82, 2.24) is 25.7 Å². The third-order valence-electron chi connectivity index (χ3n) is 5.53. The van der Waals surface area contributed by atoms with E-state index in [0.717, 1.165) is 11.3 Å². The van der Waals surface area contributed by atoms with Crippen LogP contribution in [-0.2, 0) is 0 Å². The van der Waals surface area contributed by atoms with Crippen LogP contribution in [0.1, 0.15) is 18.4 Å². The summed E-state index contributed by atoms with van der Waals surface area (Å²) in [6.07, 6.45) is -1.44. The first-order valence-corrected chi connectivity index (χ1v) is 12.0. The lowest BCUT2D eigenvalue weighted by atomic mass is 10.1. The number of amides is 2. The quantitative estimate of drug-likeness (QED) is 0.384. The third kappa shape index (κ3) is 4.66. The van der Waals surface area contributed by atoms with Gasteiger partial charge in [0.15, 0.2) is 0 Å². The average Bonchev–Trinajstić information content (AvgIpc) is 3.48. The maximum Gasteiger partial charge on any atom is 0.446 e. The first-order chi connectivity index (χ1) is 16.2. The fourth-order valence-electron chi connectivity index (χ4n) is 3.93. The van der Waals surface area contributed by atoms with Crippen LogP contribution in [0.2, 0.25) is 0 Å². The van der Waals surface area contributed by atoms with Crippen molar-refractivity contribution >= 4 is 39.2 Å². The number of ether oxygens (including phenoxy) is 1. The molecule has 0 unspecified atom stereocenters. The largest absolute Gasteiger partial charge is 0.486 e. The van der Waals surface area contributed by atoms with Gasteiger partial charge < -0.3 is 24.8 Å². The number of likely N-dealkylation sites (tertiary alicyclic amines) is 1. The van der Waals surface area contributed by atoms with Gasteiger partial charge in [-0.05, 0) is 31.3 Å². The molecule has 0 spiro atoms. The number of thiophene rings is 1. The molecule has 8 nitrogen and oxygen atoms in total. The van der Waals surface area contributed by atoms with Crippen LogP contribution in [-0.4, -0.2) is 65.5 Å². The molecule has 5 rings (SSSR count). The molecular weight excluding hydrogens is 498 g/mol. The number of thioether (sulfide) groups is 1. The zero-order valence-electron chi connectivity index (χ0n) is 17.7. The minimum atomic E-state index is -4.56. The summed E-state index contributed by atoms with van der Waals surface area (Å²) in [4.78, 5) is 17.6. The molecule has 2 N–H and O–H groups in total. The second kappa shape index (κ2) is 8.89. The number of nitrogens with zero attached hydrogens (tertiary/aromatic N) is 3. The van der Waals surface area contributed by atoms with Crippen LogP contribution in [0.5, 0.6) is 5.75 Å². The number of benzene rings is 1. The first-order valence-electron chi connectivity index (χ1n) is 10.4. The molecule has 14 heteroatoms. The Balaban J connectivity index is 1.53. The van der Waals surface area contributed by atoms with Crippen molar-refractivity contribution in [3.8, 4) is 16.5 Å². The standard InChI is InChI=1S/C20H19F4N5O3S2/c1-29-6-5-12(10(21)8-29)31-13-4-2-3-9-14(13)33-16(15(9)34-20(22,23)24)17-27-18(32-28-17)11-7-25-19(30)26-11/h2-4,10-12H,5-8H2,1H3,(H2,25,26,30)/t10-,11+,12+/m0/s1. The average molecular weight is 518 g/mol. The van der Waals surface area contributed by atoms with Crippen molar-refractivity contribution in [2.75, 3.05) is 26.7 Å². The van der Waals surface area contributed by atoms with Crippen molar-refractivity contribution in [2.24, 2.45) is 0 Å². The van der Waals surface area contributed by atoms with Crippen molar-refractivity contribution in [3.63, 3.8) is 0 Å². The molecule has 0 saturated carbocycles. The number of carbonyl (C=O) groups is 1. The van der Waals surface area contributed by atoms with E-state index in [1.165, 1.54) is 0 Å². The van der Waals surface area contributed by atoms with Crippen LogP contribution in [0.3, 0.4) is 0 Å². The van der Waals surface area contributed by atoms with Crippen LogP contribution in [0.4, 0.5) is 22.4 Å². The molecule has 0 bridgehead atoms. The molecule has 2 fully saturated rings. The smallest absolute Gasteiger partial charge is 0.446 e. The fraction of sp³-hybridized carbons (Fsp3) is 0.450.